The summed E-state index contributed by atoms with van der Waals surface area (Å²) in [5, 5.41) is 2.98. The van der Waals surface area contributed by atoms with E-state index in [1.54, 1.807) is 0 Å². The van der Waals surface area contributed by atoms with Crippen molar-refractivity contribution in [1.82, 2.24) is 15.0 Å². The van der Waals surface area contributed by atoms with Crippen LogP contribution in [0.1, 0.15) is 46.0 Å². The fourth-order valence-electron chi connectivity index (χ4n) is 2.79. The van der Waals surface area contributed by atoms with E-state index in [4.69, 9.17) is 4.74 Å². The summed E-state index contributed by atoms with van der Waals surface area (Å²) in [5.41, 5.74) is 0. The molecule has 21 heavy (non-hydrogen) atoms. The average molecular weight is 293 g/mol. The Morgan fingerprint density at radius 1 is 1.29 bits per heavy atom. The van der Waals surface area contributed by atoms with E-state index in [-0.39, 0.29) is 0 Å². The number of nitrogens with one attached hydrogen (secondary N) is 1. The Balaban J connectivity index is 2.16. The highest BCUT2D eigenvalue weighted by Crippen LogP contribution is 2.28. The number of ether oxygens (including phenoxy) is 1. The van der Waals surface area contributed by atoms with Crippen LogP contribution < -0.4 is 15.0 Å². The maximum atomic E-state index is 5.57. The van der Waals surface area contributed by atoms with Gasteiger partial charge in [-0.15, -0.1) is 0 Å². The summed E-state index contributed by atoms with van der Waals surface area (Å²) >= 11 is 0. The van der Waals surface area contributed by atoms with Crippen molar-refractivity contribution in [3.63, 3.8) is 0 Å². The molecule has 2 unspecified atom stereocenters. The van der Waals surface area contributed by atoms with Crippen molar-refractivity contribution in [1.29, 1.82) is 0 Å². The predicted octanol–water partition coefficient (Wildman–Crippen LogP) is 2.72. The van der Waals surface area contributed by atoms with Crippen LogP contribution in [0.2, 0.25) is 0 Å². The second-order valence-corrected chi connectivity index (χ2v) is 5.88. The Morgan fingerprint density at radius 2 is 2.10 bits per heavy atom. The molecule has 0 spiro atoms. The van der Waals surface area contributed by atoms with Crippen molar-refractivity contribution in [2.75, 3.05) is 30.9 Å². The van der Waals surface area contributed by atoms with Crippen LogP contribution >= 0.6 is 0 Å². The summed E-state index contributed by atoms with van der Waals surface area (Å²) in [6.07, 6.45) is 5.94. The Bertz CT molecular complexity index is 454. The fourth-order valence-corrected chi connectivity index (χ4v) is 2.79. The first-order valence-corrected chi connectivity index (χ1v) is 7.93. The number of nitrogens with zero attached hydrogens (tertiary/aromatic N) is 4. The molecule has 0 amide bonds. The second kappa shape index (κ2) is 7.43. The van der Waals surface area contributed by atoms with E-state index in [1.807, 2.05) is 7.05 Å². The van der Waals surface area contributed by atoms with Gasteiger partial charge >= 0.3 is 6.01 Å². The molecule has 0 saturated heterocycles. The molecule has 1 N–H and O–H groups in total. The van der Waals surface area contributed by atoms with Gasteiger partial charge in [0.25, 0.3) is 0 Å². The van der Waals surface area contributed by atoms with E-state index >= 15 is 0 Å². The number of hydrogen-bond acceptors (Lipinski definition) is 6. The van der Waals surface area contributed by atoms with Gasteiger partial charge in [-0.05, 0) is 25.2 Å². The van der Waals surface area contributed by atoms with Gasteiger partial charge in [0, 0.05) is 20.1 Å². The van der Waals surface area contributed by atoms with E-state index in [9.17, 15) is 0 Å². The molecule has 0 bridgehead atoms. The minimum atomic E-state index is 0.405. The minimum absolute atomic E-state index is 0.405. The van der Waals surface area contributed by atoms with Gasteiger partial charge in [0.1, 0.15) is 0 Å². The third kappa shape index (κ3) is 4.19. The lowest BCUT2D eigenvalue weighted by molar-refractivity contribution is 0.290. The van der Waals surface area contributed by atoms with Crippen LogP contribution in [0.15, 0.2) is 0 Å². The van der Waals surface area contributed by atoms with Gasteiger partial charge in [-0.1, -0.05) is 26.7 Å². The van der Waals surface area contributed by atoms with Gasteiger partial charge in [0.05, 0.1) is 6.61 Å². The molecule has 2 atom stereocenters. The zero-order valence-electron chi connectivity index (χ0n) is 13.6. The zero-order valence-corrected chi connectivity index (χ0v) is 13.6. The van der Waals surface area contributed by atoms with E-state index < -0.39 is 0 Å². The van der Waals surface area contributed by atoms with E-state index in [1.165, 1.54) is 25.7 Å². The van der Waals surface area contributed by atoms with Crippen LogP contribution in [0.3, 0.4) is 0 Å². The zero-order chi connectivity index (χ0) is 15.2. The maximum absolute atomic E-state index is 5.57. The lowest BCUT2D eigenvalue weighted by atomic mass is 9.86. The summed E-state index contributed by atoms with van der Waals surface area (Å²) < 4.78 is 5.57. The maximum Gasteiger partial charge on any atom is 0.323 e. The largest absolute Gasteiger partial charge is 0.463 e. The van der Waals surface area contributed by atoms with Crippen LogP contribution in [0.4, 0.5) is 11.9 Å². The van der Waals surface area contributed by atoms with Crippen molar-refractivity contribution in [2.45, 2.75) is 52.0 Å². The quantitative estimate of drug-likeness (QED) is 0.870. The van der Waals surface area contributed by atoms with Gasteiger partial charge in [0.15, 0.2) is 0 Å². The Kier molecular flexibility index (Phi) is 5.59. The third-order valence-corrected chi connectivity index (χ3v) is 4.03. The monoisotopic (exact) mass is 293 g/mol. The Hall–Kier alpha value is -1.59. The molecule has 0 aromatic carbocycles. The summed E-state index contributed by atoms with van der Waals surface area (Å²) in [5.74, 6) is 2.02. The molecule has 1 aliphatic rings. The molecule has 1 heterocycles. The Morgan fingerprint density at radius 3 is 2.76 bits per heavy atom. The number of anilines is 2. The van der Waals surface area contributed by atoms with Gasteiger partial charge in [0.2, 0.25) is 11.9 Å². The average Bonchev–Trinajstić information content (AvgIpc) is 2.51. The topological polar surface area (TPSA) is 63.2 Å². The van der Waals surface area contributed by atoms with Gasteiger partial charge in [-0.25, -0.2) is 0 Å². The molecule has 2 rings (SSSR count). The lowest BCUT2D eigenvalue weighted by Gasteiger charge is -2.34. The Labute approximate surface area is 127 Å². The first-order valence-electron chi connectivity index (χ1n) is 7.93. The van der Waals surface area contributed by atoms with Gasteiger partial charge < -0.3 is 15.0 Å². The molecule has 6 nitrogen and oxygen atoms in total. The van der Waals surface area contributed by atoms with E-state index in [0.717, 1.165) is 12.3 Å². The van der Waals surface area contributed by atoms with Gasteiger partial charge in [-0.2, -0.15) is 15.0 Å². The molecule has 1 fully saturated rings. The van der Waals surface area contributed by atoms with E-state index in [0.29, 0.717) is 30.6 Å². The van der Waals surface area contributed by atoms with Crippen molar-refractivity contribution in [2.24, 2.45) is 5.92 Å². The van der Waals surface area contributed by atoms with Crippen LogP contribution in [0.5, 0.6) is 6.01 Å². The number of hydrogen-bond donors (Lipinski definition) is 1. The number of aromatic nitrogens is 3. The lowest BCUT2D eigenvalue weighted by Crippen LogP contribution is -2.36. The molecular formula is C15H27N5O. The molecule has 6 heteroatoms. The normalized spacial score (nSPS) is 21.9. The van der Waals surface area contributed by atoms with Crippen molar-refractivity contribution in [3.05, 3.63) is 0 Å². The molecule has 118 valence electrons. The standard InChI is InChI=1S/C15H27N5O/c1-5-9-21-15-18-13(16-3)17-14(19-15)20(4)12-8-6-7-11(2)10-12/h11-12H,5-10H2,1-4H3,(H,16,17,18,19). The molecule has 1 aromatic heterocycles. The van der Waals surface area contributed by atoms with Crippen LogP contribution in [-0.2, 0) is 0 Å². The highest BCUT2D eigenvalue weighted by Gasteiger charge is 2.24. The molecule has 1 saturated carbocycles. The minimum Gasteiger partial charge on any atom is -0.463 e. The third-order valence-electron chi connectivity index (χ3n) is 4.03. The second-order valence-electron chi connectivity index (χ2n) is 5.88. The SMILES string of the molecule is CCCOc1nc(NC)nc(N(C)C2CCCC(C)C2)n1. The summed E-state index contributed by atoms with van der Waals surface area (Å²) in [6.45, 7) is 5.01. The predicted molar refractivity (Wildman–Crippen MR) is 85.0 cm³/mol. The first-order chi connectivity index (χ1) is 10.1. The summed E-state index contributed by atoms with van der Waals surface area (Å²) in [4.78, 5) is 15.4. The smallest absolute Gasteiger partial charge is 0.323 e. The van der Waals surface area contributed by atoms with Crippen LogP contribution in [0, 0.1) is 5.92 Å². The highest BCUT2D eigenvalue weighted by molar-refractivity contribution is 5.38. The van der Waals surface area contributed by atoms with Crippen LogP contribution in [-0.4, -0.2) is 41.7 Å². The van der Waals surface area contributed by atoms with Crippen molar-refractivity contribution >= 4 is 11.9 Å². The summed E-state index contributed by atoms with van der Waals surface area (Å²) in [7, 11) is 3.88. The van der Waals surface area contributed by atoms with E-state index in [2.05, 4.69) is 46.1 Å². The number of rotatable bonds is 6. The van der Waals surface area contributed by atoms with Crippen LogP contribution in [0.25, 0.3) is 0 Å². The molecule has 0 radical (unpaired) electrons. The van der Waals surface area contributed by atoms with Crippen molar-refractivity contribution < 1.29 is 4.74 Å². The first kappa shape index (κ1) is 15.8. The molecule has 1 aromatic rings. The molecule has 1 aliphatic carbocycles. The van der Waals surface area contributed by atoms with Crippen molar-refractivity contribution in [3.8, 4) is 6.01 Å². The fraction of sp³-hybridized carbons (Fsp3) is 0.800. The molecule has 0 aliphatic heterocycles. The highest BCUT2D eigenvalue weighted by atomic mass is 16.5. The summed E-state index contributed by atoms with van der Waals surface area (Å²) in [6, 6.07) is 0.904. The molecular weight excluding hydrogens is 266 g/mol. The van der Waals surface area contributed by atoms with Gasteiger partial charge in [-0.3, -0.25) is 0 Å².